The highest BCUT2D eigenvalue weighted by Crippen LogP contribution is 2.60. The first-order chi connectivity index (χ1) is 10.8. The Morgan fingerprint density at radius 3 is 2.78 bits per heavy atom. The van der Waals surface area contributed by atoms with Crippen LogP contribution in [0.1, 0.15) is 26.0 Å². The second-order valence-electron chi connectivity index (χ2n) is 6.80. The zero-order chi connectivity index (χ0) is 16.6. The van der Waals surface area contributed by atoms with Crippen LogP contribution in [0.15, 0.2) is 18.3 Å². The van der Waals surface area contributed by atoms with Gasteiger partial charge >= 0.3 is 0 Å². The number of hydrogen-bond acceptors (Lipinski definition) is 6. The van der Waals surface area contributed by atoms with Gasteiger partial charge in [-0.15, -0.1) is 0 Å². The average molecular weight is 313 g/mol. The Balaban J connectivity index is 1.81. The summed E-state index contributed by atoms with van der Waals surface area (Å²) < 4.78 is 5.91. The molecule has 23 heavy (non-hydrogen) atoms. The van der Waals surface area contributed by atoms with Crippen molar-refractivity contribution in [2.75, 3.05) is 4.90 Å². The van der Waals surface area contributed by atoms with Gasteiger partial charge in [0, 0.05) is 12.6 Å². The van der Waals surface area contributed by atoms with Crippen molar-refractivity contribution in [1.29, 1.82) is 5.26 Å². The first kappa shape index (κ1) is 14.3. The van der Waals surface area contributed by atoms with Crippen LogP contribution in [0, 0.1) is 23.2 Å². The van der Waals surface area contributed by atoms with Crippen LogP contribution in [0.3, 0.4) is 0 Å². The van der Waals surface area contributed by atoms with E-state index in [1.807, 2.05) is 6.07 Å². The second kappa shape index (κ2) is 4.16. The number of pyridine rings is 1. The number of amides is 2. The van der Waals surface area contributed by atoms with E-state index in [4.69, 9.17) is 10.00 Å². The molecule has 3 saturated heterocycles. The van der Waals surface area contributed by atoms with Gasteiger partial charge in [0.15, 0.2) is 0 Å². The smallest absolute Gasteiger partial charge is 0.240 e. The molecule has 7 heteroatoms. The van der Waals surface area contributed by atoms with E-state index >= 15 is 0 Å². The molecule has 0 aromatic carbocycles. The number of aromatic nitrogens is 1. The number of rotatable bonds is 1. The van der Waals surface area contributed by atoms with Gasteiger partial charge in [-0.3, -0.25) is 9.59 Å². The molecule has 4 rings (SSSR count). The van der Waals surface area contributed by atoms with Gasteiger partial charge in [-0.2, -0.15) is 5.26 Å². The van der Waals surface area contributed by atoms with Crippen molar-refractivity contribution in [3.63, 3.8) is 0 Å². The molecular weight excluding hydrogens is 298 g/mol. The van der Waals surface area contributed by atoms with Crippen LogP contribution in [0.2, 0.25) is 0 Å². The molecule has 1 aromatic rings. The van der Waals surface area contributed by atoms with Crippen molar-refractivity contribution < 1.29 is 19.4 Å². The van der Waals surface area contributed by atoms with Gasteiger partial charge in [-0.25, -0.2) is 9.88 Å². The Morgan fingerprint density at radius 2 is 2.09 bits per heavy atom. The quantitative estimate of drug-likeness (QED) is 0.751. The lowest BCUT2D eigenvalue weighted by Gasteiger charge is -2.31. The highest BCUT2D eigenvalue weighted by molar-refractivity contribution is 6.23. The highest BCUT2D eigenvalue weighted by atomic mass is 16.6. The van der Waals surface area contributed by atoms with Crippen LogP contribution in [0.25, 0.3) is 0 Å². The van der Waals surface area contributed by atoms with E-state index < -0.39 is 29.1 Å². The third kappa shape index (κ3) is 1.57. The monoisotopic (exact) mass is 313 g/mol. The zero-order valence-electron chi connectivity index (χ0n) is 12.7. The van der Waals surface area contributed by atoms with Gasteiger partial charge in [-0.05, 0) is 26.0 Å². The first-order valence-corrected chi connectivity index (χ1v) is 7.44. The van der Waals surface area contributed by atoms with Crippen LogP contribution in [0.5, 0.6) is 0 Å². The van der Waals surface area contributed by atoms with Gasteiger partial charge in [0.1, 0.15) is 17.4 Å². The van der Waals surface area contributed by atoms with Crippen molar-refractivity contribution in [1.82, 2.24) is 4.98 Å². The number of aliphatic hydroxyl groups excluding tert-OH is 1. The summed E-state index contributed by atoms with van der Waals surface area (Å²) in [5, 5.41) is 19.2. The number of imide groups is 1. The minimum atomic E-state index is -1.05. The molecule has 7 nitrogen and oxygen atoms in total. The normalized spacial score (nSPS) is 41.3. The van der Waals surface area contributed by atoms with Gasteiger partial charge in [-0.1, -0.05) is 0 Å². The molecule has 0 spiro atoms. The summed E-state index contributed by atoms with van der Waals surface area (Å²) in [5.41, 5.74) is -1.42. The van der Waals surface area contributed by atoms with Crippen molar-refractivity contribution in [3.05, 3.63) is 24.0 Å². The van der Waals surface area contributed by atoms with Gasteiger partial charge in [0.2, 0.25) is 11.8 Å². The maximum atomic E-state index is 12.9. The molecule has 3 aliphatic heterocycles. The predicted octanol–water partition coefficient (Wildman–Crippen LogP) is 0.371. The lowest BCUT2D eigenvalue weighted by Crippen LogP contribution is -2.49. The van der Waals surface area contributed by atoms with Crippen molar-refractivity contribution in [2.24, 2.45) is 11.8 Å². The molecule has 2 bridgehead atoms. The number of carbonyl (C=O) groups is 2. The number of ether oxygens (including phenoxy) is 1. The third-order valence-electron chi connectivity index (χ3n) is 5.41. The number of fused-ring (bicyclic) bond motifs is 5. The van der Waals surface area contributed by atoms with Crippen molar-refractivity contribution in [3.8, 4) is 6.07 Å². The Labute approximate surface area is 132 Å². The second-order valence-corrected chi connectivity index (χ2v) is 6.80. The number of aliphatic hydroxyl groups is 1. The van der Waals surface area contributed by atoms with Crippen LogP contribution >= 0.6 is 0 Å². The topological polar surface area (TPSA) is 104 Å². The van der Waals surface area contributed by atoms with Gasteiger partial charge in [0.05, 0.1) is 29.2 Å². The van der Waals surface area contributed by atoms with E-state index in [2.05, 4.69) is 4.98 Å². The van der Waals surface area contributed by atoms with Gasteiger partial charge in [0.25, 0.3) is 0 Å². The van der Waals surface area contributed by atoms with Crippen molar-refractivity contribution in [2.45, 2.75) is 37.6 Å². The van der Waals surface area contributed by atoms with Crippen LogP contribution < -0.4 is 4.90 Å². The summed E-state index contributed by atoms with van der Waals surface area (Å²) >= 11 is 0. The number of hydrogen-bond donors (Lipinski definition) is 1. The molecule has 5 atom stereocenters. The van der Waals surface area contributed by atoms with E-state index in [1.165, 1.54) is 18.3 Å². The fourth-order valence-electron chi connectivity index (χ4n) is 4.40. The van der Waals surface area contributed by atoms with E-state index in [0.29, 0.717) is 12.1 Å². The van der Waals surface area contributed by atoms with Crippen LogP contribution in [-0.4, -0.2) is 39.2 Å². The maximum absolute atomic E-state index is 12.9. The molecule has 0 radical (unpaired) electrons. The zero-order valence-corrected chi connectivity index (χ0v) is 12.7. The molecule has 3 aliphatic rings. The summed E-state index contributed by atoms with van der Waals surface area (Å²) in [4.78, 5) is 30.7. The number of nitrogens with zero attached hydrogens (tertiary/aromatic N) is 3. The third-order valence-corrected chi connectivity index (χ3v) is 5.41. The van der Waals surface area contributed by atoms with E-state index in [0.717, 1.165) is 4.90 Å². The molecule has 0 aliphatic carbocycles. The number of anilines is 1. The molecule has 3 fully saturated rings. The summed E-state index contributed by atoms with van der Waals surface area (Å²) in [6.07, 6.45) is 0.945. The Bertz CT molecular complexity index is 788. The SMILES string of the molecule is CC12C[C@H](O)C(C)(O1)[C@@H]1C(=O)N(c3ccnc(C#N)c3)C(=O)[C@@H]12. The fraction of sp³-hybridized carbons (Fsp3) is 0.500. The molecule has 1 N–H and O–H groups in total. The van der Waals surface area contributed by atoms with E-state index in [1.54, 1.807) is 13.8 Å². The van der Waals surface area contributed by atoms with Gasteiger partial charge < -0.3 is 9.84 Å². The minimum Gasteiger partial charge on any atom is -0.390 e. The molecule has 0 saturated carbocycles. The summed E-state index contributed by atoms with van der Waals surface area (Å²) in [7, 11) is 0. The number of nitriles is 1. The molecular formula is C16H15N3O4. The van der Waals surface area contributed by atoms with E-state index in [-0.39, 0.29) is 17.5 Å². The fourth-order valence-corrected chi connectivity index (χ4v) is 4.40. The lowest BCUT2D eigenvalue weighted by atomic mass is 9.67. The predicted molar refractivity (Wildman–Crippen MR) is 76.9 cm³/mol. The molecule has 2 unspecified atom stereocenters. The lowest BCUT2D eigenvalue weighted by molar-refractivity contribution is -0.132. The van der Waals surface area contributed by atoms with Crippen LogP contribution in [-0.2, 0) is 14.3 Å². The molecule has 4 heterocycles. The van der Waals surface area contributed by atoms with Crippen molar-refractivity contribution >= 4 is 17.5 Å². The first-order valence-electron chi connectivity index (χ1n) is 7.44. The largest absolute Gasteiger partial charge is 0.390 e. The highest BCUT2D eigenvalue weighted by Gasteiger charge is 2.75. The Morgan fingerprint density at radius 1 is 1.39 bits per heavy atom. The standard InChI is InChI=1S/C16H15N3O4/c1-15-6-10(20)16(2,23-15)12-11(15)13(21)19(14(12)22)9-3-4-18-8(5-9)7-17/h3-5,10-12,20H,6H2,1-2H3/t10-,11+,12-,15?,16?/m0/s1. The maximum Gasteiger partial charge on any atom is 0.240 e. The Kier molecular flexibility index (Phi) is 2.59. The summed E-state index contributed by atoms with van der Waals surface area (Å²) in [6, 6.07) is 4.84. The van der Waals surface area contributed by atoms with E-state index in [9.17, 15) is 14.7 Å². The van der Waals surface area contributed by atoms with Crippen LogP contribution in [0.4, 0.5) is 5.69 Å². The average Bonchev–Trinajstić information content (AvgIpc) is 3.01. The Hall–Kier alpha value is -2.30. The summed E-state index contributed by atoms with van der Waals surface area (Å²) in [5.74, 6) is -2.04. The summed E-state index contributed by atoms with van der Waals surface area (Å²) in [6.45, 7) is 3.46. The molecule has 118 valence electrons. The molecule has 1 aromatic heterocycles. The minimum absolute atomic E-state index is 0.136. The number of carbonyl (C=O) groups excluding carboxylic acids is 2. The molecule has 2 amide bonds.